The predicted octanol–water partition coefficient (Wildman–Crippen LogP) is 2.88. The molecule has 2 aromatic heterocycles. The highest BCUT2D eigenvalue weighted by Gasteiger charge is 2.27. The Morgan fingerprint density at radius 3 is 3.16 bits per heavy atom. The van der Waals surface area contributed by atoms with E-state index in [0.29, 0.717) is 6.04 Å². The number of halogens is 1. The van der Waals surface area contributed by atoms with Crippen molar-refractivity contribution in [3.8, 4) is 0 Å². The number of fused-ring (bicyclic) bond motifs is 1. The van der Waals surface area contributed by atoms with E-state index in [0.717, 1.165) is 29.8 Å². The van der Waals surface area contributed by atoms with Crippen molar-refractivity contribution in [1.82, 2.24) is 14.3 Å². The van der Waals surface area contributed by atoms with Gasteiger partial charge in [-0.05, 0) is 47.4 Å². The monoisotopic (exact) mass is 323 g/mol. The molecule has 4 nitrogen and oxygen atoms in total. The van der Waals surface area contributed by atoms with Crippen LogP contribution in [-0.2, 0) is 4.74 Å². The zero-order valence-corrected chi connectivity index (χ0v) is 12.6. The van der Waals surface area contributed by atoms with Crippen LogP contribution >= 0.6 is 15.9 Å². The second-order valence-electron chi connectivity index (χ2n) is 4.97. The fraction of sp³-hybridized carbons (Fsp3) is 0.500. The maximum atomic E-state index is 5.19. The number of pyridine rings is 1. The number of hydrogen-bond acceptors (Lipinski definition) is 3. The summed E-state index contributed by atoms with van der Waals surface area (Å²) in [4.78, 5) is 7.23. The third-order valence-corrected chi connectivity index (χ3v) is 4.19. The second kappa shape index (κ2) is 5.61. The van der Waals surface area contributed by atoms with Gasteiger partial charge in [-0.2, -0.15) is 0 Å². The summed E-state index contributed by atoms with van der Waals surface area (Å²) in [6.45, 7) is 2.92. The molecular weight excluding hydrogens is 306 g/mol. The summed E-state index contributed by atoms with van der Waals surface area (Å²) in [5.41, 5.74) is 2.18. The maximum Gasteiger partial charge on any atom is 0.137 e. The molecule has 0 aliphatic carbocycles. The van der Waals surface area contributed by atoms with Gasteiger partial charge in [-0.25, -0.2) is 4.98 Å². The lowest BCUT2D eigenvalue weighted by Crippen LogP contribution is -2.27. The van der Waals surface area contributed by atoms with Crippen LogP contribution in [0, 0.1) is 0 Å². The number of hydrogen-bond donors (Lipinski definition) is 0. The number of likely N-dealkylation sites (tertiary alicyclic amines) is 1. The molecule has 1 atom stereocenters. The Morgan fingerprint density at radius 2 is 2.32 bits per heavy atom. The van der Waals surface area contributed by atoms with Gasteiger partial charge in [0.1, 0.15) is 5.65 Å². The van der Waals surface area contributed by atoms with Gasteiger partial charge in [-0.3, -0.25) is 4.90 Å². The molecule has 0 bridgehead atoms. The smallest absolute Gasteiger partial charge is 0.137 e. The maximum absolute atomic E-state index is 5.19. The summed E-state index contributed by atoms with van der Waals surface area (Å²) in [5.74, 6) is 0. The van der Waals surface area contributed by atoms with Gasteiger partial charge in [-0.15, -0.1) is 0 Å². The Balaban J connectivity index is 1.86. The van der Waals surface area contributed by atoms with Gasteiger partial charge in [0.2, 0.25) is 0 Å². The summed E-state index contributed by atoms with van der Waals surface area (Å²) < 4.78 is 8.35. The van der Waals surface area contributed by atoms with Crippen LogP contribution in [0.1, 0.15) is 24.6 Å². The minimum atomic E-state index is 0.439. The largest absolute Gasteiger partial charge is 0.383 e. The van der Waals surface area contributed by atoms with E-state index < -0.39 is 0 Å². The van der Waals surface area contributed by atoms with Crippen molar-refractivity contribution in [2.45, 2.75) is 18.9 Å². The van der Waals surface area contributed by atoms with Crippen molar-refractivity contribution in [2.75, 3.05) is 26.8 Å². The zero-order valence-electron chi connectivity index (χ0n) is 11.1. The van der Waals surface area contributed by atoms with E-state index in [4.69, 9.17) is 9.72 Å². The lowest BCUT2D eigenvalue weighted by Gasteiger charge is -2.22. The van der Waals surface area contributed by atoms with Crippen molar-refractivity contribution in [3.05, 3.63) is 34.7 Å². The van der Waals surface area contributed by atoms with Gasteiger partial charge < -0.3 is 9.14 Å². The van der Waals surface area contributed by atoms with E-state index in [9.17, 15) is 0 Å². The highest BCUT2D eigenvalue weighted by molar-refractivity contribution is 9.10. The number of methoxy groups -OCH3 is 1. The molecule has 3 heterocycles. The molecule has 0 saturated carbocycles. The van der Waals surface area contributed by atoms with Crippen molar-refractivity contribution in [1.29, 1.82) is 0 Å². The molecule has 0 spiro atoms. The van der Waals surface area contributed by atoms with Crippen molar-refractivity contribution in [3.63, 3.8) is 0 Å². The second-order valence-corrected chi connectivity index (χ2v) is 5.88. The zero-order chi connectivity index (χ0) is 13.2. The van der Waals surface area contributed by atoms with E-state index in [1.807, 2.05) is 12.1 Å². The predicted molar refractivity (Wildman–Crippen MR) is 78.3 cm³/mol. The fourth-order valence-corrected chi connectivity index (χ4v) is 3.13. The molecule has 1 saturated heterocycles. The number of rotatable bonds is 4. The third kappa shape index (κ3) is 2.68. The molecule has 102 valence electrons. The molecule has 0 N–H and O–H groups in total. The SMILES string of the molecule is COCCN1CCCC1c1cn2cc(Br)ccc2n1. The van der Waals surface area contributed by atoms with Crippen LogP contribution in [-0.4, -0.2) is 41.1 Å². The molecule has 1 aliphatic rings. The summed E-state index contributed by atoms with van der Waals surface area (Å²) in [7, 11) is 1.76. The highest BCUT2D eigenvalue weighted by Crippen LogP contribution is 2.31. The summed E-state index contributed by atoms with van der Waals surface area (Å²) >= 11 is 3.50. The minimum absolute atomic E-state index is 0.439. The molecule has 5 heteroatoms. The third-order valence-electron chi connectivity index (χ3n) is 3.72. The van der Waals surface area contributed by atoms with E-state index in [1.165, 1.54) is 18.5 Å². The number of imidazole rings is 1. The van der Waals surface area contributed by atoms with Crippen LogP contribution in [0.5, 0.6) is 0 Å². The van der Waals surface area contributed by atoms with E-state index in [2.05, 4.69) is 37.6 Å². The van der Waals surface area contributed by atoms with Gasteiger partial charge in [-0.1, -0.05) is 0 Å². The van der Waals surface area contributed by atoms with Gasteiger partial charge in [0.25, 0.3) is 0 Å². The van der Waals surface area contributed by atoms with Crippen molar-refractivity contribution in [2.24, 2.45) is 0 Å². The lowest BCUT2D eigenvalue weighted by molar-refractivity contribution is 0.140. The topological polar surface area (TPSA) is 29.8 Å². The molecule has 1 aliphatic heterocycles. The lowest BCUT2D eigenvalue weighted by atomic mass is 10.1. The van der Waals surface area contributed by atoms with Gasteiger partial charge in [0, 0.05) is 30.5 Å². The van der Waals surface area contributed by atoms with Crippen molar-refractivity contribution < 1.29 is 4.74 Å². The first kappa shape index (κ1) is 13.1. The van der Waals surface area contributed by atoms with Crippen LogP contribution in [0.4, 0.5) is 0 Å². The molecule has 19 heavy (non-hydrogen) atoms. The quantitative estimate of drug-likeness (QED) is 0.866. The van der Waals surface area contributed by atoms with E-state index in [-0.39, 0.29) is 0 Å². The first-order valence-electron chi connectivity index (χ1n) is 6.65. The van der Waals surface area contributed by atoms with Crippen LogP contribution in [0.2, 0.25) is 0 Å². The summed E-state index contributed by atoms with van der Waals surface area (Å²) in [6, 6.07) is 4.51. The molecule has 0 aromatic carbocycles. The number of ether oxygens (including phenoxy) is 1. The van der Waals surface area contributed by atoms with E-state index >= 15 is 0 Å². The number of aromatic nitrogens is 2. The first-order valence-corrected chi connectivity index (χ1v) is 7.44. The first-order chi connectivity index (χ1) is 9.28. The summed E-state index contributed by atoms with van der Waals surface area (Å²) in [6.07, 6.45) is 6.64. The molecule has 0 amide bonds. The van der Waals surface area contributed by atoms with Crippen LogP contribution in [0.25, 0.3) is 5.65 Å². The fourth-order valence-electron chi connectivity index (χ4n) is 2.78. The van der Waals surface area contributed by atoms with Crippen LogP contribution in [0.15, 0.2) is 29.0 Å². The summed E-state index contributed by atoms with van der Waals surface area (Å²) in [5, 5.41) is 0. The molecule has 0 radical (unpaired) electrons. The minimum Gasteiger partial charge on any atom is -0.383 e. The Hall–Kier alpha value is -0.910. The molecule has 1 fully saturated rings. The molecule has 3 rings (SSSR count). The Bertz CT molecular complexity index is 569. The van der Waals surface area contributed by atoms with Crippen molar-refractivity contribution >= 4 is 21.6 Å². The van der Waals surface area contributed by atoms with Crippen LogP contribution in [0.3, 0.4) is 0 Å². The molecule has 2 aromatic rings. The van der Waals surface area contributed by atoms with E-state index in [1.54, 1.807) is 7.11 Å². The Kier molecular flexibility index (Phi) is 3.86. The molecule has 1 unspecified atom stereocenters. The average molecular weight is 324 g/mol. The average Bonchev–Trinajstić information content (AvgIpc) is 3.01. The highest BCUT2D eigenvalue weighted by atomic mass is 79.9. The van der Waals surface area contributed by atoms with Crippen LogP contribution < -0.4 is 0 Å². The van der Waals surface area contributed by atoms with Gasteiger partial charge in [0.05, 0.1) is 18.3 Å². The normalized spacial score (nSPS) is 20.4. The Morgan fingerprint density at radius 1 is 1.42 bits per heavy atom. The van der Waals surface area contributed by atoms with Gasteiger partial charge in [0.15, 0.2) is 0 Å². The number of nitrogens with zero attached hydrogens (tertiary/aromatic N) is 3. The Labute approximate surface area is 121 Å². The van der Waals surface area contributed by atoms with Gasteiger partial charge >= 0.3 is 0 Å². The molecular formula is C14H18BrN3O. The standard InChI is InChI=1S/C14H18BrN3O/c1-19-8-7-17-6-2-3-13(17)12-10-18-9-11(15)4-5-14(18)16-12/h4-5,9-10,13H,2-3,6-8H2,1H3.